The number of rotatable bonds is 5. The van der Waals surface area contributed by atoms with Crippen molar-refractivity contribution in [1.29, 1.82) is 0 Å². The standard InChI is InChI=1S/C7H9NO.C7H17N.C6H7N/c1-8-6-2-4-7(9)5-3-6;1-4-6-8(3)7-5-2;1-6-3-2-4-7-5-6/h2-5,8-9H,1H3;4-7H2,1-3H3;2-5H,1H3. The number of pyridine rings is 1. The van der Waals surface area contributed by atoms with Gasteiger partial charge in [0.1, 0.15) is 5.75 Å². The summed E-state index contributed by atoms with van der Waals surface area (Å²) in [6, 6.07) is 10.9. The molecule has 0 aliphatic rings. The van der Waals surface area contributed by atoms with E-state index >= 15 is 0 Å². The molecule has 1 heterocycles. The maximum atomic E-state index is 8.82. The van der Waals surface area contributed by atoms with E-state index in [-0.39, 0.29) is 0 Å². The lowest BCUT2D eigenvalue weighted by atomic mass is 10.3. The lowest BCUT2D eigenvalue weighted by Gasteiger charge is -2.12. The fourth-order valence-electron chi connectivity index (χ4n) is 1.95. The first kappa shape index (κ1) is 21.9. The van der Waals surface area contributed by atoms with Gasteiger partial charge in [0.15, 0.2) is 0 Å². The Morgan fingerprint density at radius 2 is 1.62 bits per heavy atom. The van der Waals surface area contributed by atoms with Crippen molar-refractivity contribution in [3.8, 4) is 5.75 Å². The van der Waals surface area contributed by atoms with Gasteiger partial charge in [0.25, 0.3) is 0 Å². The number of aromatic hydroxyl groups is 1. The second-order valence-electron chi connectivity index (χ2n) is 5.63. The first-order valence-electron chi connectivity index (χ1n) is 8.55. The smallest absolute Gasteiger partial charge is 0.115 e. The van der Waals surface area contributed by atoms with Crippen LogP contribution in [0.2, 0.25) is 0 Å². The molecule has 0 bridgehead atoms. The monoisotopic (exact) mass is 331 g/mol. The van der Waals surface area contributed by atoms with Crippen molar-refractivity contribution in [1.82, 2.24) is 9.88 Å². The number of benzene rings is 1. The predicted octanol–water partition coefficient (Wildman–Crippen LogP) is 4.56. The lowest BCUT2D eigenvalue weighted by Crippen LogP contribution is -2.19. The molecule has 0 radical (unpaired) electrons. The molecule has 4 heteroatoms. The van der Waals surface area contributed by atoms with Crippen molar-refractivity contribution in [3.63, 3.8) is 0 Å². The summed E-state index contributed by atoms with van der Waals surface area (Å²) in [5.41, 5.74) is 2.22. The van der Waals surface area contributed by atoms with Gasteiger partial charge in [-0.3, -0.25) is 4.98 Å². The van der Waals surface area contributed by atoms with Crippen LogP contribution in [0.4, 0.5) is 5.69 Å². The molecule has 1 aromatic carbocycles. The van der Waals surface area contributed by atoms with Crippen LogP contribution in [-0.2, 0) is 0 Å². The molecule has 0 atom stereocenters. The molecule has 24 heavy (non-hydrogen) atoms. The van der Waals surface area contributed by atoms with E-state index in [1.165, 1.54) is 31.5 Å². The third-order valence-electron chi connectivity index (χ3n) is 3.18. The van der Waals surface area contributed by atoms with Crippen LogP contribution in [0.15, 0.2) is 48.8 Å². The van der Waals surface area contributed by atoms with Crippen LogP contribution in [0.5, 0.6) is 5.75 Å². The van der Waals surface area contributed by atoms with Crippen LogP contribution >= 0.6 is 0 Å². The van der Waals surface area contributed by atoms with Crippen molar-refractivity contribution < 1.29 is 5.11 Å². The fraction of sp³-hybridized carbons (Fsp3) is 0.450. The van der Waals surface area contributed by atoms with Gasteiger partial charge in [-0.05, 0) is 75.8 Å². The zero-order valence-corrected chi connectivity index (χ0v) is 15.8. The topological polar surface area (TPSA) is 48.4 Å². The largest absolute Gasteiger partial charge is 0.508 e. The minimum atomic E-state index is 0.300. The average molecular weight is 332 g/mol. The number of nitrogens with zero attached hydrogens (tertiary/aromatic N) is 2. The molecule has 0 saturated carbocycles. The van der Waals surface area contributed by atoms with Gasteiger partial charge in [0.05, 0.1) is 0 Å². The number of phenols is 1. The maximum Gasteiger partial charge on any atom is 0.115 e. The van der Waals surface area contributed by atoms with Crippen LogP contribution in [0.3, 0.4) is 0 Å². The normalized spacial score (nSPS) is 9.42. The van der Waals surface area contributed by atoms with Gasteiger partial charge in [0, 0.05) is 25.1 Å². The quantitative estimate of drug-likeness (QED) is 0.788. The Kier molecular flexibility index (Phi) is 13.3. The highest BCUT2D eigenvalue weighted by molar-refractivity contribution is 5.45. The van der Waals surface area contributed by atoms with E-state index in [0.29, 0.717) is 5.75 Å². The Hall–Kier alpha value is -2.07. The Bertz CT molecular complexity index is 494. The summed E-state index contributed by atoms with van der Waals surface area (Å²) in [5, 5.41) is 11.8. The molecule has 4 nitrogen and oxygen atoms in total. The van der Waals surface area contributed by atoms with Gasteiger partial charge < -0.3 is 15.3 Å². The third-order valence-corrected chi connectivity index (χ3v) is 3.18. The van der Waals surface area contributed by atoms with Crippen LogP contribution in [0.25, 0.3) is 0 Å². The zero-order valence-electron chi connectivity index (χ0n) is 15.8. The molecule has 0 fully saturated rings. The summed E-state index contributed by atoms with van der Waals surface area (Å²) < 4.78 is 0. The van der Waals surface area contributed by atoms with Crippen molar-refractivity contribution in [2.75, 3.05) is 32.5 Å². The summed E-state index contributed by atoms with van der Waals surface area (Å²) in [5.74, 6) is 0.300. The molecule has 0 spiro atoms. The zero-order chi connectivity index (χ0) is 18.2. The molecular formula is C20H33N3O. The van der Waals surface area contributed by atoms with E-state index in [4.69, 9.17) is 5.11 Å². The van der Waals surface area contributed by atoms with E-state index in [9.17, 15) is 0 Å². The molecule has 0 aliphatic heterocycles. The van der Waals surface area contributed by atoms with Gasteiger partial charge in [0.2, 0.25) is 0 Å². The Balaban J connectivity index is 0.000000333. The van der Waals surface area contributed by atoms with Gasteiger partial charge in [-0.1, -0.05) is 19.9 Å². The van der Waals surface area contributed by atoms with E-state index in [1.807, 2.05) is 44.4 Å². The second-order valence-corrected chi connectivity index (χ2v) is 5.63. The fourth-order valence-corrected chi connectivity index (χ4v) is 1.95. The molecule has 2 aromatic rings. The first-order valence-corrected chi connectivity index (χ1v) is 8.55. The highest BCUT2D eigenvalue weighted by Crippen LogP contribution is 2.12. The van der Waals surface area contributed by atoms with Crippen molar-refractivity contribution in [3.05, 3.63) is 54.4 Å². The van der Waals surface area contributed by atoms with E-state index in [0.717, 1.165) is 5.69 Å². The predicted molar refractivity (Wildman–Crippen MR) is 105 cm³/mol. The number of hydrogen-bond donors (Lipinski definition) is 2. The van der Waals surface area contributed by atoms with E-state index < -0.39 is 0 Å². The lowest BCUT2D eigenvalue weighted by molar-refractivity contribution is 0.335. The van der Waals surface area contributed by atoms with E-state index in [1.54, 1.807) is 18.3 Å². The molecule has 0 saturated heterocycles. The molecule has 2 N–H and O–H groups in total. The molecule has 0 amide bonds. The van der Waals surface area contributed by atoms with Gasteiger partial charge in [-0.25, -0.2) is 0 Å². The number of nitrogens with one attached hydrogen (secondary N) is 1. The number of aromatic nitrogens is 1. The highest BCUT2D eigenvalue weighted by atomic mass is 16.3. The van der Waals surface area contributed by atoms with Gasteiger partial charge in [-0.15, -0.1) is 0 Å². The Labute approximate surface area is 147 Å². The number of hydrogen-bond acceptors (Lipinski definition) is 4. The van der Waals surface area contributed by atoms with Crippen LogP contribution in [0.1, 0.15) is 32.3 Å². The summed E-state index contributed by atoms with van der Waals surface area (Å²) in [6.07, 6.45) is 6.15. The maximum absolute atomic E-state index is 8.82. The third kappa shape index (κ3) is 12.5. The van der Waals surface area contributed by atoms with Gasteiger partial charge >= 0.3 is 0 Å². The van der Waals surface area contributed by atoms with Crippen LogP contribution in [-0.4, -0.2) is 42.2 Å². The van der Waals surface area contributed by atoms with Crippen molar-refractivity contribution in [2.24, 2.45) is 0 Å². The molecule has 1 aromatic heterocycles. The molecule has 134 valence electrons. The molecule has 0 unspecified atom stereocenters. The SMILES string of the molecule is CCCN(C)CCC.CNc1ccc(O)cc1.Cc1cccnc1. The Morgan fingerprint density at radius 3 is 1.96 bits per heavy atom. The summed E-state index contributed by atoms with van der Waals surface area (Å²) in [6.45, 7) is 8.94. The van der Waals surface area contributed by atoms with Gasteiger partial charge in [-0.2, -0.15) is 0 Å². The number of anilines is 1. The summed E-state index contributed by atoms with van der Waals surface area (Å²) in [7, 11) is 4.01. The molecular weight excluding hydrogens is 298 g/mol. The van der Waals surface area contributed by atoms with E-state index in [2.05, 4.69) is 36.1 Å². The van der Waals surface area contributed by atoms with Crippen molar-refractivity contribution in [2.45, 2.75) is 33.6 Å². The second kappa shape index (κ2) is 14.5. The number of aryl methyl sites for hydroxylation is 1. The Morgan fingerprint density at radius 1 is 1.04 bits per heavy atom. The minimum Gasteiger partial charge on any atom is -0.508 e. The molecule has 2 rings (SSSR count). The van der Waals surface area contributed by atoms with Crippen LogP contribution < -0.4 is 5.32 Å². The average Bonchev–Trinajstić information content (AvgIpc) is 2.58. The highest BCUT2D eigenvalue weighted by Gasteiger charge is 1.90. The molecule has 0 aliphatic carbocycles. The van der Waals surface area contributed by atoms with Crippen LogP contribution in [0, 0.1) is 6.92 Å². The minimum absolute atomic E-state index is 0.300. The van der Waals surface area contributed by atoms with Crippen molar-refractivity contribution >= 4 is 5.69 Å². The summed E-state index contributed by atoms with van der Waals surface area (Å²) in [4.78, 5) is 6.25. The number of phenolic OH excluding ortho intramolecular Hbond substituents is 1. The summed E-state index contributed by atoms with van der Waals surface area (Å²) >= 11 is 0. The first-order chi connectivity index (χ1) is 11.5.